The normalized spacial score (nSPS) is 14.6. The molecule has 1 aromatic heterocycles. The van der Waals surface area contributed by atoms with Gasteiger partial charge in [0.2, 0.25) is 5.91 Å². The molecule has 3 amide bonds. The molecule has 1 N–H and O–H groups in total. The molecular formula is C30H37N3O5S. The number of nitrogens with zero attached hydrogens (tertiary/aromatic N) is 2. The van der Waals surface area contributed by atoms with Crippen LogP contribution in [-0.2, 0) is 22.5 Å². The number of carbonyl (C=O) groups is 2. The standard InChI is InChI=1S/C30H37N3O5S/c1-22-8-4-5-11-26(22)31-30(35)33(19-24-9-6-16-38-24)21-29(34)32(20-25-10-7-17-39-25)15-14-23-12-13-27(36-2)28(18-23)37-3/h4-5,7-8,10-13,17-18,24H,6,9,14-16,19-21H2,1-3H3,(H,31,35). The highest BCUT2D eigenvalue weighted by atomic mass is 32.1. The molecule has 2 heterocycles. The topological polar surface area (TPSA) is 80.3 Å². The van der Waals surface area contributed by atoms with Gasteiger partial charge >= 0.3 is 6.03 Å². The number of benzene rings is 2. The Morgan fingerprint density at radius 2 is 1.87 bits per heavy atom. The first-order valence-electron chi connectivity index (χ1n) is 13.2. The van der Waals surface area contributed by atoms with Gasteiger partial charge in [0.05, 0.1) is 26.9 Å². The number of ether oxygens (including phenoxy) is 3. The molecule has 1 atom stereocenters. The molecule has 1 fully saturated rings. The molecule has 2 aromatic carbocycles. The van der Waals surface area contributed by atoms with Crippen LogP contribution in [0.25, 0.3) is 0 Å². The van der Waals surface area contributed by atoms with Crippen molar-refractivity contribution >= 4 is 29.0 Å². The van der Waals surface area contributed by atoms with Crippen molar-refractivity contribution in [3.63, 3.8) is 0 Å². The number of nitrogens with one attached hydrogen (secondary N) is 1. The van der Waals surface area contributed by atoms with Crippen molar-refractivity contribution in [3.8, 4) is 11.5 Å². The molecule has 1 aliphatic rings. The molecule has 208 valence electrons. The minimum Gasteiger partial charge on any atom is -0.493 e. The second-order valence-corrected chi connectivity index (χ2v) is 10.6. The molecule has 4 rings (SSSR count). The van der Waals surface area contributed by atoms with Gasteiger partial charge in [-0.15, -0.1) is 11.3 Å². The van der Waals surface area contributed by atoms with Crippen molar-refractivity contribution in [3.05, 3.63) is 76.0 Å². The predicted molar refractivity (Wildman–Crippen MR) is 154 cm³/mol. The average Bonchev–Trinajstić information content (AvgIpc) is 3.66. The van der Waals surface area contributed by atoms with E-state index in [9.17, 15) is 9.59 Å². The molecule has 0 aliphatic carbocycles. The van der Waals surface area contributed by atoms with Gasteiger partial charge in [0.15, 0.2) is 11.5 Å². The van der Waals surface area contributed by atoms with E-state index < -0.39 is 0 Å². The first kappa shape index (κ1) is 28.4. The van der Waals surface area contributed by atoms with Crippen molar-refractivity contribution in [2.45, 2.75) is 38.8 Å². The van der Waals surface area contributed by atoms with E-state index in [1.54, 1.807) is 30.5 Å². The van der Waals surface area contributed by atoms with E-state index in [1.165, 1.54) is 0 Å². The molecular weight excluding hydrogens is 514 g/mol. The largest absolute Gasteiger partial charge is 0.493 e. The second-order valence-electron chi connectivity index (χ2n) is 9.59. The SMILES string of the molecule is COc1ccc(CCN(Cc2cccs2)C(=O)CN(CC2CCCO2)C(=O)Nc2ccccc2C)cc1OC. The molecule has 0 bridgehead atoms. The van der Waals surface area contributed by atoms with E-state index in [-0.39, 0.29) is 24.6 Å². The van der Waals surface area contributed by atoms with E-state index in [4.69, 9.17) is 14.2 Å². The third-order valence-electron chi connectivity index (χ3n) is 6.85. The van der Waals surface area contributed by atoms with Gasteiger partial charge < -0.3 is 29.3 Å². The van der Waals surface area contributed by atoms with Crippen molar-refractivity contribution in [2.24, 2.45) is 0 Å². The number of amides is 3. The van der Waals surface area contributed by atoms with Crippen LogP contribution in [0, 0.1) is 6.92 Å². The van der Waals surface area contributed by atoms with Crippen LogP contribution in [0.4, 0.5) is 10.5 Å². The average molecular weight is 552 g/mol. The fourth-order valence-electron chi connectivity index (χ4n) is 4.61. The lowest BCUT2D eigenvalue weighted by Gasteiger charge is -2.29. The van der Waals surface area contributed by atoms with Gasteiger partial charge in [0.25, 0.3) is 0 Å². The lowest BCUT2D eigenvalue weighted by molar-refractivity contribution is -0.132. The minimum atomic E-state index is -0.302. The highest BCUT2D eigenvalue weighted by Crippen LogP contribution is 2.28. The Morgan fingerprint density at radius 3 is 2.56 bits per heavy atom. The Kier molecular flexibility index (Phi) is 10.2. The number of hydrogen-bond acceptors (Lipinski definition) is 6. The number of hydrogen-bond donors (Lipinski definition) is 1. The number of aryl methyl sites for hydroxylation is 1. The summed E-state index contributed by atoms with van der Waals surface area (Å²) in [6.45, 7) is 3.95. The number of methoxy groups -OCH3 is 2. The third kappa shape index (κ3) is 7.97. The van der Waals surface area contributed by atoms with E-state index in [2.05, 4.69) is 5.32 Å². The smallest absolute Gasteiger partial charge is 0.322 e. The Morgan fingerprint density at radius 1 is 1.05 bits per heavy atom. The molecule has 8 nitrogen and oxygen atoms in total. The van der Waals surface area contributed by atoms with Crippen LogP contribution >= 0.6 is 11.3 Å². The molecule has 39 heavy (non-hydrogen) atoms. The summed E-state index contributed by atoms with van der Waals surface area (Å²) in [5.74, 6) is 1.21. The molecule has 0 radical (unpaired) electrons. The van der Waals surface area contributed by atoms with E-state index in [0.29, 0.717) is 44.2 Å². The molecule has 1 unspecified atom stereocenters. The summed E-state index contributed by atoms with van der Waals surface area (Å²) < 4.78 is 16.6. The number of carbonyl (C=O) groups excluding carboxylic acids is 2. The van der Waals surface area contributed by atoms with Crippen LogP contribution < -0.4 is 14.8 Å². The van der Waals surface area contributed by atoms with Crippen molar-refractivity contribution in [1.82, 2.24) is 9.80 Å². The molecule has 0 saturated carbocycles. The Hall–Kier alpha value is -3.56. The second kappa shape index (κ2) is 14.0. The van der Waals surface area contributed by atoms with Gasteiger partial charge in [-0.25, -0.2) is 4.79 Å². The van der Waals surface area contributed by atoms with Gasteiger partial charge in [0.1, 0.15) is 6.54 Å². The maximum absolute atomic E-state index is 13.7. The van der Waals surface area contributed by atoms with Gasteiger partial charge in [-0.3, -0.25) is 4.79 Å². The number of rotatable bonds is 12. The Bertz CT molecular complexity index is 1230. The zero-order chi connectivity index (χ0) is 27.6. The maximum Gasteiger partial charge on any atom is 0.322 e. The zero-order valence-corrected chi connectivity index (χ0v) is 23.7. The summed E-state index contributed by atoms with van der Waals surface area (Å²) in [7, 11) is 3.22. The summed E-state index contributed by atoms with van der Waals surface area (Å²) in [4.78, 5) is 31.6. The summed E-state index contributed by atoms with van der Waals surface area (Å²) in [5.41, 5.74) is 2.73. The molecule has 0 spiro atoms. The highest BCUT2D eigenvalue weighted by molar-refractivity contribution is 7.09. The van der Waals surface area contributed by atoms with Gasteiger partial charge in [0, 0.05) is 30.3 Å². The first-order chi connectivity index (χ1) is 19.0. The first-order valence-corrected chi connectivity index (χ1v) is 14.1. The van der Waals surface area contributed by atoms with Crippen LogP contribution in [0.5, 0.6) is 11.5 Å². The fraction of sp³-hybridized carbons (Fsp3) is 0.400. The van der Waals surface area contributed by atoms with Crippen LogP contribution in [0.3, 0.4) is 0 Å². The predicted octanol–water partition coefficient (Wildman–Crippen LogP) is 5.36. The fourth-order valence-corrected chi connectivity index (χ4v) is 5.33. The summed E-state index contributed by atoms with van der Waals surface area (Å²) in [6.07, 6.45) is 2.40. The minimum absolute atomic E-state index is 0.0329. The lowest BCUT2D eigenvalue weighted by atomic mass is 10.1. The molecule has 9 heteroatoms. The van der Waals surface area contributed by atoms with Crippen LogP contribution in [0.1, 0.15) is 28.8 Å². The molecule has 3 aromatic rings. The van der Waals surface area contributed by atoms with Crippen LogP contribution in [-0.4, -0.2) is 68.3 Å². The summed E-state index contributed by atoms with van der Waals surface area (Å²) >= 11 is 1.61. The summed E-state index contributed by atoms with van der Waals surface area (Å²) in [5, 5.41) is 5.00. The highest BCUT2D eigenvalue weighted by Gasteiger charge is 2.27. The number of para-hydroxylation sites is 1. The summed E-state index contributed by atoms with van der Waals surface area (Å²) in [6, 6.07) is 17.1. The molecule has 1 aliphatic heterocycles. The molecule has 1 saturated heterocycles. The van der Waals surface area contributed by atoms with E-state index >= 15 is 0 Å². The van der Waals surface area contributed by atoms with E-state index in [1.807, 2.05) is 71.8 Å². The van der Waals surface area contributed by atoms with Crippen molar-refractivity contribution in [2.75, 3.05) is 45.8 Å². The lowest BCUT2D eigenvalue weighted by Crippen LogP contribution is -2.47. The Balaban J connectivity index is 1.49. The third-order valence-corrected chi connectivity index (χ3v) is 7.71. The van der Waals surface area contributed by atoms with Crippen molar-refractivity contribution in [1.29, 1.82) is 0 Å². The zero-order valence-electron chi connectivity index (χ0n) is 22.9. The number of thiophene rings is 1. The Labute approximate surface area is 234 Å². The maximum atomic E-state index is 13.7. The van der Waals surface area contributed by atoms with Crippen LogP contribution in [0.2, 0.25) is 0 Å². The number of urea groups is 1. The van der Waals surface area contributed by atoms with Gasteiger partial charge in [-0.1, -0.05) is 30.3 Å². The monoisotopic (exact) mass is 551 g/mol. The van der Waals surface area contributed by atoms with Gasteiger partial charge in [-0.05, 0) is 67.0 Å². The van der Waals surface area contributed by atoms with Gasteiger partial charge in [-0.2, -0.15) is 0 Å². The van der Waals surface area contributed by atoms with E-state index in [0.717, 1.165) is 34.5 Å². The van der Waals surface area contributed by atoms with Crippen LogP contribution in [0.15, 0.2) is 60.0 Å². The number of anilines is 1. The quantitative estimate of drug-likeness (QED) is 0.328. The van der Waals surface area contributed by atoms with Crippen molar-refractivity contribution < 1.29 is 23.8 Å².